The minimum absolute atomic E-state index is 0.0899. The van der Waals surface area contributed by atoms with Crippen LogP contribution in [0.2, 0.25) is 0 Å². The van der Waals surface area contributed by atoms with Crippen LogP contribution in [0, 0.1) is 0 Å². The lowest BCUT2D eigenvalue weighted by Crippen LogP contribution is -2.47. The third-order valence-corrected chi connectivity index (χ3v) is 5.34. The van der Waals surface area contributed by atoms with E-state index in [1.165, 1.54) is 11.3 Å². The van der Waals surface area contributed by atoms with Crippen molar-refractivity contribution >= 4 is 40.7 Å². The van der Waals surface area contributed by atoms with Crippen LogP contribution in [0.5, 0.6) is 5.75 Å². The summed E-state index contributed by atoms with van der Waals surface area (Å²) in [5, 5.41) is 18.4. The van der Waals surface area contributed by atoms with Crippen molar-refractivity contribution in [2.75, 3.05) is 49.8 Å². The first kappa shape index (κ1) is 20.7. The molecule has 0 aliphatic carbocycles. The number of benzene rings is 1. The fourth-order valence-electron chi connectivity index (χ4n) is 2.81. The third kappa shape index (κ3) is 5.99. The second kappa shape index (κ2) is 9.97. The number of carbonyl (C=O) groups excluding carboxylic acids is 1. The smallest absolute Gasteiger partial charge is 0.228 e. The maximum atomic E-state index is 12.4. The molecule has 3 N–H and O–H groups in total. The van der Waals surface area contributed by atoms with E-state index in [4.69, 9.17) is 4.74 Å². The lowest BCUT2D eigenvalue weighted by atomic mass is 10.2. The monoisotopic (exact) mass is 423 g/mol. The highest BCUT2D eigenvalue weighted by Crippen LogP contribution is 2.19. The maximum Gasteiger partial charge on any atom is 0.228 e. The zero-order valence-electron chi connectivity index (χ0n) is 15.7. The Hall–Kier alpha value is -2.01. The molecule has 1 fully saturated rings. The standard InChI is InChI=1S/C18H25N5O3S2/c1-22-6-8-23(9-7-22)16(24)10-14-11-28-18(20-14)21-17(25)19-13-2-4-15(5-3-13)26-12-27/h2-5,11,17,19,25,27H,6-10,12H2,1H3,(H,20,21). The number of hydrogen-bond donors (Lipinski definition) is 4. The SMILES string of the molecule is CN1CCN(C(=O)Cc2csc(NC(O)Nc3ccc(OCS)cc3)n2)CC1. The van der Waals surface area contributed by atoms with Gasteiger partial charge in [0.15, 0.2) is 5.13 Å². The predicted octanol–water partition coefficient (Wildman–Crippen LogP) is 1.53. The lowest BCUT2D eigenvalue weighted by molar-refractivity contribution is -0.132. The highest BCUT2D eigenvalue weighted by atomic mass is 32.1. The average molecular weight is 424 g/mol. The summed E-state index contributed by atoms with van der Waals surface area (Å²) < 4.78 is 5.26. The quantitative estimate of drug-likeness (QED) is 0.378. The summed E-state index contributed by atoms with van der Waals surface area (Å²) in [5.41, 5.74) is 1.44. The van der Waals surface area contributed by atoms with Crippen LogP contribution in [0.1, 0.15) is 5.69 Å². The molecular weight excluding hydrogens is 398 g/mol. The molecule has 1 amide bonds. The number of likely N-dealkylation sites (N-methyl/N-ethyl adjacent to an activating group) is 1. The van der Waals surface area contributed by atoms with Gasteiger partial charge in [-0.05, 0) is 31.3 Å². The summed E-state index contributed by atoms with van der Waals surface area (Å²) in [4.78, 5) is 20.9. The first-order valence-electron chi connectivity index (χ1n) is 8.99. The molecule has 3 rings (SSSR count). The molecule has 2 heterocycles. The molecule has 1 atom stereocenters. The van der Waals surface area contributed by atoms with Crippen LogP contribution in [-0.2, 0) is 11.2 Å². The Kier molecular flexibility index (Phi) is 7.37. The topological polar surface area (TPSA) is 90.0 Å². The Labute approximate surface area is 173 Å². The van der Waals surface area contributed by atoms with Gasteiger partial charge in [0.2, 0.25) is 12.3 Å². The number of aliphatic hydroxyl groups excluding tert-OH is 1. The van der Waals surface area contributed by atoms with Gasteiger partial charge in [-0.15, -0.1) is 24.0 Å². The van der Waals surface area contributed by atoms with Crippen molar-refractivity contribution < 1.29 is 14.6 Å². The van der Waals surface area contributed by atoms with Crippen molar-refractivity contribution in [2.24, 2.45) is 0 Å². The first-order valence-corrected chi connectivity index (χ1v) is 10.5. The van der Waals surface area contributed by atoms with E-state index in [0.29, 0.717) is 22.5 Å². The number of nitrogens with one attached hydrogen (secondary N) is 2. The molecule has 152 valence electrons. The summed E-state index contributed by atoms with van der Waals surface area (Å²) in [5.74, 6) is 1.10. The van der Waals surface area contributed by atoms with Crippen molar-refractivity contribution in [1.82, 2.24) is 14.8 Å². The number of piperazine rings is 1. The molecule has 1 aromatic carbocycles. The minimum Gasteiger partial charge on any atom is -0.483 e. The number of hydrogen-bond acceptors (Lipinski definition) is 9. The summed E-state index contributed by atoms with van der Waals surface area (Å²) >= 11 is 5.36. The average Bonchev–Trinajstić information content (AvgIpc) is 3.10. The summed E-state index contributed by atoms with van der Waals surface area (Å²) in [7, 11) is 2.06. The van der Waals surface area contributed by atoms with Crippen LogP contribution in [0.25, 0.3) is 0 Å². The molecule has 0 spiro atoms. The highest BCUT2D eigenvalue weighted by molar-refractivity contribution is 7.80. The van der Waals surface area contributed by atoms with Crippen LogP contribution in [0.15, 0.2) is 29.6 Å². The number of carbonyl (C=O) groups is 1. The van der Waals surface area contributed by atoms with Gasteiger partial charge < -0.3 is 30.3 Å². The van der Waals surface area contributed by atoms with E-state index in [1.807, 2.05) is 10.3 Å². The van der Waals surface area contributed by atoms with Gasteiger partial charge in [0.05, 0.1) is 12.1 Å². The van der Waals surface area contributed by atoms with Crippen molar-refractivity contribution in [1.29, 1.82) is 0 Å². The minimum atomic E-state index is -1.01. The zero-order chi connectivity index (χ0) is 19.9. The van der Waals surface area contributed by atoms with Crippen molar-refractivity contribution in [3.05, 3.63) is 35.3 Å². The van der Waals surface area contributed by atoms with E-state index in [0.717, 1.165) is 31.9 Å². The molecule has 1 aromatic heterocycles. The van der Waals surface area contributed by atoms with Gasteiger partial charge in [0, 0.05) is 37.2 Å². The largest absolute Gasteiger partial charge is 0.483 e. The summed E-state index contributed by atoms with van der Waals surface area (Å²) in [6, 6.07) is 7.17. The van der Waals surface area contributed by atoms with Crippen molar-refractivity contribution in [3.8, 4) is 5.75 Å². The first-order chi connectivity index (χ1) is 13.5. The number of amides is 1. The zero-order valence-corrected chi connectivity index (χ0v) is 17.4. The molecule has 0 bridgehead atoms. The number of aliphatic hydroxyl groups is 1. The Morgan fingerprint density at radius 1 is 1.29 bits per heavy atom. The predicted molar refractivity (Wildman–Crippen MR) is 114 cm³/mol. The van der Waals surface area contributed by atoms with Crippen molar-refractivity contribution in [2.45, 2.75) is 12.8 Å². The van der Waals surface area contributed by atoms with Gasteiger partial charge in [0.1, 0.15) is 11.7 Å². The normalized spacial score (nSPS) is 15.9. The van der Waals surface area contributed by atoms with Gasteiger partial charge >= 0.3 is 0 Å². The fourth-order valence-corrected chi connectivity index (χ4v) is 3.69. The van der Waals surface area contributed by atoms with Crippen LogP contribution >= 0.6 is 24.0 Å². The van der Waals surface area contributed by atoms with Crippen LogP contribution in [0.3, 0.4) is 0 Å². The van der Waals surface area contributed by atoms with Gasteiger partial charge in [-0.2, -0.15) is 0 Å². The van der Waals surface area contributed by atoms with E-state index in [2.05, 4.69) is 40.2 Å². The number of anilines is 2. The van der Waals surface area contributed by atoms with E-state index in [9.17, 15) is 9.90 Å². The number of rotatable bonds is 8. The van der Waals surface area contributed by atoms with E-state index < -0.39 is 6.35 Å². The molecule has 1 unspecified atom stereocenters. The van der Waals surface area contributed by atoms with Crippen LogP contribution < -0.4 is 15.4 Å². The van der Waals surface area contributed by atoms with Gasteiger partial charge in [0.25, 0.3) is 0 Å². The molecule has 0 radical (unpaired) electrons. The second-order valence-electron chi connectivity index (χ2n) is 6.49. The Morgan fingerprint density at radius 3 is 2.68 bits per heavy atom. The molecular formula is C18H25N5O3S2. The van der Waals surface area contributed by atoms with Gasteiger partial charge in [-0.1, -0.05) is 0 Å². The number of ether oxygens (including phenoxy) is 1. The lowest BCUT2D eigenvalue weighted by Gasteiger charge is -2.32. The van der Waals surface area contributed by atoms with Gasteiger partial charge in [-0.25, -0.2) is 4.98 Å². The Bertz CT molecular complexity index is 763. The Balaban J connectivity index is 1.47. The molecule has 0 saturated carbocycles. The molecule has 10 heteroatoms. The van der Waals surface area contributed by atoms with E-state index in [1.54, 1.807) is 24.3 Å². The molecule has 8 nitrogen and oxygen atoms in total. The van der Waals surface area contributed by atoms with E-state index in [-0.39, 0.29) is 12.3 Å². The van der Waals surface area contributed by atoms with Crippen LogP contribution in [-0.4, -0.2) is 71.3 Å². The number of thiazole rings is 1. The fraction of sp³-hybridized carbons (Fsp3) is 0.444. The number of nitrogens with zero attached hydrogens (tertiary/aromatic N) is 3. The van der Waals surface area contributed by atoms with Crippen molar-refractivity contribution in [3.63, 3.8) is 0 Å². The summed E-state index contributed by atoms with van der Waals surface area (Å²) in [6.07, 6.45) is -0.734. The number of aromatic nitrogens is 1. The van der Waals surface area contributed by atoms with E-state index >= 15 is 0 Å². The highest BCUT2D eigenvalue weighted by Gasteiger charge is 2.20. The molecule has 1 aliphatic rings. The third-order valence-electron chi connectivity index (χ3n) is 4.39. The molecule has 1 saturated heterocycles. The van der Waals surface area contributed by atoms with Gasteiger partial charge in [-0.3, -0.25) is 4.79 Å². The maximum absolute atomic E-state index is 12.4. The second-order valence-corrected chi connectivity index (χ2v) is 7.61. The van der Waals surface area contributed by atoms with Crippen LogP contribution in [0.4, 0.5) is 10.8 Å². The number of thiol groups is 1. The Morgan fingerprint density at radius 2 is 2.00 bits per heavy atom. The molecule has 28 heavy (non-hydrogen) atoms. The molecule has 2 aromatic rings. The summed E-state index contributed by atoms with van der Waals surface area (Å²) in [6.45, 7) is 3.31. The molecule has 1 aliphatic heterocycles.